The molecule has 0 spiro atoms. The normalized spacial score (nSPS) is 17.7. The zero-order valence-corrected chi connectivity index (χ0v) is 48.7. The molecule has 1 saturated carbocycles. The largest absolute Gasteiger partial charge is 0.475 e. The van der Waals surface area contributed by atoms with E-state index in [-0.39, 0.29) is 52.9 Å². The Hall–Kier alpha value is -5.84. The number of phosphoric acid groups is 4. The van der Waals surface area contributed by atoms with E-state index in [2.05, 4.69) is 0 Å². The van der Waals surface area contributed by atoms with Crippen LogP contribution in [0.2, 0.25) is 0 Å². The number of aliphatic hydroxyl groups is 1. The van der Waals surface area contributed by atoms with Crippen LogP contribution in [0.4, 0.5) is 0 Å². The van der Waals surface area contributed by atoms with Gasteiger partial charge in [-0.25, -0.2) is 18.3 Å². The Bertz CT molecular complexity index is 3170. The third-order valence-electron chi connectivity index (χ3n) is 12.8. The number of hydrogen-bond donors (Lipinski definition) is 1. The molecule has 1 aliphatic carbocycles. The summed E-state index contributed by atoms with van der Waals surface area (Å²) in [6, 6.07) is 70.4. The molecule has 0 saturated heterocycles. The van der Waals surface area contributed by atoms with Crippen LogP contribution >= 0.6 is 31.3 Å². The Balaban J connectivity index is 1.16. The van der Waals surface area contributed by atoms with Gasteiger partial charge in [-0.05, 0) is 44.5 Å². The van der Waals surface area contributed by atoms with E-state index in [0.29, 0.717) is 44.5 Å². The van der Waals surface area contributed by atoms with Crippen molar-refractivity contribution in [3.8, 4) is 0 Å². The fourth-order valence-electron chi connectivity index (χ4n) is 8.42. The van der Waals surface area contributed by atoms with Gasteiger partial charge in [0, 0.05) is 6.42 Å². The first-order valence-electron chi connectivity index (χ1n) is 26.7. The van der Waals surface area contributed by atoms with Crippen molar-refractivity contribution >= 4 is 31.3 Å². The predicted molar refractivity (Wildman–Crippen MR) is 310 cm³/mol. The van der Waals surface area contributed by atoms with Gasteiger partial charge < -0.3 is 5.11 Å². The molecule has 1 fully saturated rings. The first-order valence-corrected chi connectivity index (χ1v) is 32.5. The highest BCUT2D eigenvalue weighted by molar-refractivity contribution is 7.49. The third kappa shape index (κ3) is 19.6. The molecule has 8 aromatic carbocycles. The second-order valence-corrected chi connectivity index (χ2v) is 25.5. The minimum atomic E-state index is -5.04. The van der Waals surface area contributed by atoms with Crippen molar-refractivity contribution in [1.29, 1.82) is 0 Å². The molecule has 1 N–H and O–H groups in total. The van der Waals surface area contributed by atoms with Crippen LogP contribution < -0.4 is 0 Å². The van der Waals surface area contributed by atoms with Crippen molar-refractivity contribution < 1.29 is 77.7 Å². The van der Waals surface area contributed by atoms with Gasteiger partial charge in [0.25, 0.3) is 0 Å². The van der Waals surface area contributed by atoms with E-state index in [0.717, 1.165) is 0 Å². The second kappa shape index (κ2) is 30.8. The zero-order valence-electron chi connectivity index (χ0n) is 45.1. The minimum absolute atomic E-state index is 0.284. The average molecular weight is 1210 g/mol. The number of benzene rings is 8. The lowest BCUT2D eigenvalue weighted by atomic mass is 9.87. The molecule has 9 rings (SSSR count). The van der Waals surface area contributed by atoms with Crippen molar-refractivity contribution in [2.75, 3.05) is 0 Å². The molecule has 21 heteroatoms. The van der Waals surface area contributed by atoms with E-state index in [1.54, 1.807) is 243 Å². The van der Waals surface area contributed by atoms with Crippen molar-refractivity contribution in [3.63, 3.8) is 0 Å². The van der Waals surface area contributed by atoms with Crippen LogP contribution in [0.3, 0.4) is 0 Å². The highest BCUT2D eigenvalue weighted by Gasteiger charge is 2.56. The van der Waals surface area contributed by atoms with E-state index in [1.165, 1.54) is 0 Å². The van der Waals surface area contributed by atoms with Crippen molar-refractivity contribution in [2.45, 2.75) is 89.8 Å². The van der Waals surface area contributed by atoms with Crippen molar-refractivity contribution in [1.82, 2.24) is 0 Å². The maximum absolute atomic E-state index is 15.7. The zero-order chi connectivity index (χ0) is 57.6. The molecule has 0 radical (unpaired) electrons. The van der Waals surface area contributed by atoms with Gasteiger partial charge in [0.05, 0.1) is 52.9 Å². The molecule has 83 heavy (non-hydrogen) atoms. The van der Waals surface area contributed by atoms with Crippen LogP contribution in [-0.2, 0) is 125 Å². The SMILES string of the molecule is O=P(OCc1ccccc1)(OCc1ccccc1)OC1CC(OP(=O)(OCc2ccccc2)OCc2ccccc2)C(OP(=O)(OCc2ccccc2)OCc2ccccc2)C(OP(=O)(OCc2ccccc2)OCc2ccccc2)C1O. The molecular formula is C62H64O17P4. The highest BCUT2D eigenvalue weighted by atomic mass is 31.2. The van der Waals surface area contributed by atoms with Gasteiger partial charge in [0.15, 0.2) is 0 Å². The highest BCUT2D eigenvalue weighted by Crippen LogP contribution is 2.62. The summed E-state index contributed by atoms with van der Waals surface area (Å²) in [4.78, 5) is 0. The van der Waals surface area contributed by atoms with Gasteiger partial charge in [-0.3, -0.25) is 54.3 Å². The summed E-state index contributed by atoms with van der Waals surface area (Å²) in [5.74, 6) is 0. The standard InChI is InChI=1S/C62H64O17P4/c63-60-58(76-80(64,68-42-50-25-9-1-10-26-50)69-43-51-27-11-2-12-28-51)41-59(77-81(65,70-44-52-29-13-3-14-30-52)71-45-53-31-15-4-16-32-53)61(78-82(66,72-46-54-33-17-5-18-34-54)73-47-55-35-19-6-20-36-55)62(60)79-83(67,74-48-56-37-21-7-22-38-56)75-49-57-39-23-8-24-40-57/h1-40,58-63H,41-49H2. The van der Waals surface area contributed by atoms with E-state index < -0.39 is 68.2 Å². The van der Waals surface area contributed by atoms with Crippen LogP contribution in [0.15, 0.2) is 243 Å². The molecule has 0 aliphatic heterocycles. The molecule has 0 aromatic heterocycles. The summed E-state index contributed by atoms with van der Waals surface area (Å²) in [6.07, 6.45) is -10.5. The monoisotopic (exact) mass is 1200 g/mol. The van der Waals surface area contributed by atoms with Crippen molar-refractivity contribution in [3.05, 3.63) is 287 Å². The molecule has 0 amide bonds. The van der Waals surface area contributed by atoms with E-state index in [4.69, 9.17) is 54.3 Å². The van der Waals surface area contributed by atoms with E-state index >= 15 is 18.3 Å². The first kappa shape index (κ1) is 61.7. The maximum Gasteiger partial charge on any atom is 0.475 e. The predicted octanol–water partition coefficient (Wildman–Crippen LogP) is 15.5. The lowest BCUT2D eigenvalue weighted by Crippen LogP contribution is -2.58. The number of rotatable bonds is 32. The summed E-state index contributed by atoms with van der Waals surface area (Å²) in [7, 11) is -19.8. The molecule has 1 aliphatic rings. The van der Waals surface area contributed by atoms with E-state index in [9.17, 15) is 5.11 Å². The number of hydrogen-bond acceptors (Lipinski definition) is 17. The summed E-state index contributed by atoms with van der Waals surface area (Å²) in [6.45, 7) is -2.53. The topological polar surface area (TPSA) is 199 Å². The molecule has 0 bridgehead atoms. The Morgan fingerprint density at radius 2 is 0.446 bits per heavy atom. The Kier molecular flexibility index (Phi) is 22.9. The molecular weight excluding hydrogens is 1140 g/mol. The smallest absolute Gasteiger partial charge is 0.388 e. The molecule has 17 nitrogen and oxygen atoms in total. The average Bonchev–Trinajstić information content (AvgIpc) is 3.45. The second-order valence-electron chi connectivity index (χ2n) is 19.0. The Morgan fingerprint density at radius 3 is 0.663 bits per heavy atom. The molecule has 5 atom stereocenters. The minimum Gasteiger partial charge on any atom is -0.388 e. The third-order valence-corrected chi connectivity index (χ3v) is 18.4. The molecule has 434 valence electrons. The van der Waals surface area contributed by atoms with Crippen LogP contribution in [0.25, 0.3) is 0 Å². The summed E-state index contributed by atoms with van der Waals surface area (Å²) < 4.78 is 137. The lowest BCUT2D eigenvalue weighted by molar-refractivity contribution is -0.169. The van der Waals surface area contributed by atoms with Gasteiger partial charge in [-0.2, -0.15) is 0 Å². The summed E-state index contributed by atoms with van der Waals surface area (Å²) >= 11 is 0. The van der Waals surface area contributed by atoms with Gasteiger partial charge >= 0.3 is 31.3 Å². The summed E-state index contributed by atoms with van der Waals surface area (Å²) in [5, 5.41) is 13.0. The molecule has 0 heterocycles. The van der Waals surface area contributed by atoms with Crippen LogP contribution in [0.1, 0.15) is 50.9 Å². The Labute approximate surface area is 483 Å². The molecule has 8 aromatic rings. The first-order chi connectivity index (χ1) is 40.4. The van der Waals surface area contributed by atoms with Crippen LogP contribution in [0, 0.1) is 0 Å². The van der Waals surface area contributed by atoms with Gasteiger partial charge in [0.1, 0.15) is 30.5 Å². The van der Waals surface area contributed by atoms with E-state index in [1.807, 2.05) is 0 Å². The quantitative estimate of drug-likeness (QED) is 0.0390. The van der Waals surface area contributed by atoms with Gasteiger partial charge in [0.2, 0.25) is 0 Å². The summed E-state index contributed by atoms with van der Waals surface area (Å²) in [5.41, 5.74) is 4.63. The van der Waals surface area contributed by atoms with Crippen molar-refractivity contribution in [2.24, 2.45) is 0 Å². The van der Waals surface area contributed by atoms with Crippen LogP contribution in [-0.4, -0.2) is 35.6 Å². The number of phosphoric ester groups is 4. The van der Waals surface area contributed by atoms with Gasteiger partial charge in [-0.1, -0.05) is 243 Å². The van der Waals surface area contributed by atoms with Gasteiger partial charge in [-0.15, -0.1) is 0 Å². The maximum atomic E-state index is 15.7. The number of aliphatic hydroxyl groups excluding tert-OH is 1. The lowest BCUT2D eigenvalue weighted by Gasteiger charge is -2.45. The fraction of sp³-hybridized carbons (Fsp3) is 0.226. The molecule has 5 unspecified atom stereocenters. The fourth-order valence-corrected chi connectivity index (χ4v) is 13.8. The Morgan fingerprint density at radius 1 is 0.265 bits per heavy atom. The van der Waals surface area contributed by atoms with Crippen LogP contribution in [0.5, 0.6) is 0 Å².